The molecule has 0 fully saturated rings. The van der Waals surface area contributed by atoms with E-state index in [9.17, 15) is 4.79 Å². The van der Waals surface area contributed by atoms with Crippen molar-refractivity contribution >= 4 is 34.5 Å². The Kier molecular flexibility index (Phi) is 5.73. The number of hydrogen-bond donors (Lipinski definition) is 1. The minimum absolute atomic E-state index is 0.147. The van der Waals surface area contributed by atoms with E-state index in [1.807, 2.05) is 35.7 Å². The Morgan fingerprint density at radius 3 is 2.86 bits per heavy atom. The van der Waals surface area contributed by atoms with Crippen LogP contribution in [-0.4, -0.2) is 32.0 Å². The SMILES string of the molecule is Cc1nc(COc2ccc(Cl)cc2)sc1C(=O)NCCc1nnc2ccccn12. The van der Waals surface area contributed by atoms with Crippen molar-refractivity contribution in [2.24, 2.45) is 0 Å². The van der Waals surface area contributed by atoms with Gasteiger partial charge in [0.05, 0.1) is 5.69 Å². The van der Waals surface area contributed by atoms with E-state index in [-0.39, 0.29) is 5.91 Å². The van der Waals surface area contributed by atoms with Gasteiger partial charge in [-0.1, -0.05) is 17.7 Å². The zero-order valence-corrected chi connectivity index (χ0v) is 17.2. The van der Waals surface area contributed by atoms with Crippen LogP contribution in [0.3, 0.4) is 0 Å². The third-order valence-electron chi connectivity index (χ3n) is 4.24. The molecule has 4 aromatic rings. The smallest absolute Gasteiger partial charge is 0.263 e. The van der Waals surface area contributed by atoms with E-state index in [1.165, 1.54) is 11.3 Å². The van der Waals surface area contributed by atoms with Gasteiger partial charge in [0.15, 0.2) is 5.65 Å². The Bertz CT molecular complexity index is 1140. The fourth-order valence-corrected chi connectivity index (χ4v) is 3.85. The molecule has 0 aliphatic rings. The molecular weight excluding hydrogens is 410 g/mol. The first-order chi connectivity index (χ1) is 14.1. The Balaban J connectivity index is 1.33. The first-order valence-corrected chi connectivity index (χ1v) is 10.2. The van der Waals surface area contributed by atoms with Gasteiger partial charge in [-0.15, -0.1) is 21.5 Å². The summed E-state index contributed by atoms with van der Waals surface area (Å²) in [5, 5.41) is 12.6. The summed E-state index contributed by atoms with van der Waals surface area (Å²) in [6.45, 7) is 2.58. The maximum atomic E-state index is 12.5. The molecule has 1 aromatic carbocycles. The van der Waals surface area contributed by atoms with Crippen molar-refractivity contribution in [1.82, 2.24) is 24.9 Å². The van der Waals surface area contributed by atoms with Gasteiger partial charge in [0, 0.05) is 24.2 Å². The monoisotopic (exact) mass is 427 g/mol. The van der Waals surface area contributed by atoms with Crippen molar-refractivity contribution in [3.8, 4) is 5.75 Å². The number of nitrogens with one attached hydrogen (secondary N) is 1. The van der Waals surface area contributed by atoms with Gasteiger partial charge >= 0.3 is 0 Å². The lowest BCUT2D eigenvalue weighted by atomic mass is 10.3. The molecule has 0 saturated heterocycles. The van der Waals surface area contributed by atoms with Crippen molar-refractivity contribution < 1.29 is 9.53 Å². The highest BCUT2D eigenvalue weighted by Gasteiger charge is 2.16. The van der Waals surface area contributed by atoms with Gasteiger partial charge < -0.3 is 10.1 Å². The predicted octanol–water partition coefficient (Wildman–Crippen LogP) is 3.70. The Morgan fingerprint density at radius 1 is 1.21 bits per heavy atom. The summed E-state index contributed by atoms with van der Waals surface area (Å²) in [5.41, 5.74) is 1.48. The van der Waals surface area contributed by atoms with E-state index in [0.717, 1.165) is 16.5 Å². The van der Waals surface area contributed by atoms with Gasteiger partial charge in [-0.05, 0) is 43.3 Å². The standard InChI is InChI=1S/C20H18ClN5O2S/c1-13-19(29-18(23-13)12-28-15-7-5-14(21)6-8-15)20(27)22-10-9-17-25-24-16-4-2-3-11-26(16)17/h2-8,11H,9-10,12H2,1H3,(H,22,27). The van der Waals surface area contributed by atoms with Gasteiger partial charge in [-0.25, -0.2) is 4.98 Å². The largest absolute Gasteiger partial charge is 0.486 e. The number of nitrogens with zero attached hydrogens (tertiary/aromatic N) is 4. The summed E-state index contributed by atoms with van der Waals surface area (Å²) in [5.74, 6) is 1.36. The number of hydrogen-bond acceptors (Lipinski definition) is 6. The number of carbonyl (C=O) groups is 1. The fraction of sp³-hybridized carbons (Fsp3) is 0.200. The second-order valence-corrected chi connectivity index (χ2v) is 7.84. The Morgan fingerprint density at radius 2 is 2.03 bits per heavy atom. The summed E-state index contributed by atoms with van der Waals surface area (Å²) >= 11 is 7.20. The van der Waals surface area contributed by atoms with Gasteiger partial charge in [-0.3, -0.25) is 9.20 Å². The number of thiazole rings is 1. The third-order valence-corrected chi connectivity index (χ3v) is 5.62. The minimum Gasteiger partial charge on any atom is -0.486 e. The molecule has 0 unspecified atom stereocenters. The normalized spacial score (nSPS) is 11.0. The quantitative estimate of drug-likeness (QED) is 0.486. The van der Waals surface area contributed by atoms with E-state index in [1.54, 1.807) is 24.3 Å². The minimum atomic E-state index is -0.147. The molecule has 0 bridgehead atoms. The second kappa shape index (κ2) is 8.59. The van der Waals surface area contributed by atoms with Crippen LogP contribution >= 0.6 is 22.9 Å². The number of rotatable bonds is 7. The van der Waals surface area contributed by atoms with Gasteiger partial charge in [0.1, 0.15) is 28.1 Å². The zero-order chi connectivity index (χ0) is 20.2. The molecule has 3 aromatic heterocycles. The number of benzene rings is 1. The summed E-state index contributed by atoms with van der Waals surface area (Å²) in [4.78, 5) is 17.6. The number of aryl methyl sites for hydroxylation is 1. The highest BCUT2D eigenvalue weighted by atomic mass is 35.5. The van der Waals surface area contributed by atoms with Crippen LogP contribution in [0.25, 0.3) is 5.65 Å². The predicted molar refractivity (Wildman–Crippen MR) is 112 cm³/mol. The van der Waals surface area contributed by atoms with E-state index in [2.05, 4.69) is 20.5 Å². The molecule has 0 spiro atoms. The molecule has 29 heavy (non-hydrogen) atoms. The first kappa shape index (κ1) is 19.4. The first-order valence-electron chi connectivity index (χ1n) is 9.01. The maximum absolute atomic E-state index is 12.5. The van der Waals surface area contributed by atoms with E-state index in [4.69, 9.17) is 16.3 Å². The molecule has 0 aliphatic heterocycles. The van der Waals surface area contributed by atoms with E-state index in [0.29, 0.717) is 40.9 Å². The zero-order valence-electron chi connectivity index (χ0n) is 15.6. The third kappa shape index (κ3) is 4.55. The number of carbonyl (C=O) groups excluding carboxylic acids is 1. The number of amides is 1. The molecule has 0 radical (unpaired) electrons. The van der Waals surface area contributed by atoms with Crippen molar-refractivity contribution in [3.05, 3.63) is 75.1 Å². The molecule has 148 valence electrons. The van der Waals surface area contributed by atoms with Crippen molar-refractivity contribution in [2.45, 2.75) is 20.0 Å². The van der Waals surface area contributed by atoms with Gasteiger partial charge in [0.25, 0.3) is 5.91 Å². The van der Waals surface area contributed by atoms with Crippen molar-refractivity contribution in [3.63, 3.8) is 0 Å². The lowest BCUT2D eigenvalue weighted by Crippen LogP contribution is -2.26. The van der Waals surface area contributed by atoms with Crippen LogP contribution in [0.1, 0.15) is 26.2 Å². The van der Waals surface area contributed by atoms with Crippen LogP contribution in [-0.2, 0) is 13.0 Å². The lowest BCUT2D eigenvalue weighted by molar-refractivity contribution is 0.0957. The van der Waals surface area contributed by atoms with Crippen molar-refractivity contribution in [2.75, 3.05) is 6.54 Å². The van der Waals surface area contributed by atoms with Gasteiger partial charge in [-0.2, -0.15) is 0 Å². The molecular formula is C20H18ClN5O2S. The molecule has 0 atom stereocenters. The van der Waals surface area contributed by atoms with Crippen molar-refractivity contribution in [1.29, 1.82) is 0 Å². The Hall–Kier alpha value is -2.97. The van der Waals surface area contributed by atoms with Crippen LogP contribution in [0.5, 0.6) is 5.75 Å². The number of pyridine rings is 1. The maximum Gasteiger partial charge on any atom is 0.263 e. The molecule has 3 heterocycles. The molecule has 4 rings (SSSR count). The molecule has 1 amide bonds. The molecule has 0 saturated carbocycles. The number of halogens is 1. The fourth-order valence-electron chi connectivity index (χ4n) is 2.83. The summed E-state index contributed by atoms with van der Waals surface area (Å²) in [6.07, 6.45) is 2.49. The second-order valence-electron chi connectivity index (χ2n) is 6.32. The van der Waals surface area contributed by atoms with Crippen LogP contribution in [0.4, 0.5) is 0 Å². The van der Waals surface area contributed by atoms with Crippen LogP contribution in [0, 0.1) is 6.92 Å². The number of fused-ring (bicyclic) bond motifs is 1. The van der Waals surface area contributed by atoms with Crippen LogP contribution < -0.4 is 10.1 Å². The summed E-state index contributed by atoms with van der Waals surface area (Å²) < 4.78 is 7.62. The van der Waals surface area contributed by atoms with E-state index < -0.39 is 0 Å². The number of aromatic nitrogens is 4. The average Bonchev–Trinajstić information content (AvgIpc) is 3.31. The number of ether oxygens (including phenoxy) is 1. The summed E-state index contributed by atoms with van der Waals surface area (Å²) in [6, 6.07) is 12.9. The molecule has 0 aliphatic carbocycles. The molecule has 9 heteroatoms. The van der Waals surface area contributed by atoms with Crippen LogP contribution in [0.2, 0.25) is 5.02 Å². The lowest BCUT2D eigenvalue weighted by Gasteiger charge is -2.04. The van der Waals surface area contributed by atoms with Gasteiger partial charge in [0.2, 0.25) is 0 Å². The highest BCUT2D eigenvalue weighted by Crippen LogP contribution is 2.21. The summed E-state index contributed by atoms with van der Waals surface area (Å²) in [7, 11) is 0. The molecule has 1 N–H and O–H groups in total. The average molecular weight is 428 g/mol. The molecule has 7 nitrogen and oxygen atoms in total. The topological polar surface area (TPSA) is 81.4 Å². The Labute approximate surface area is 176 Å². The van der Waals surface area contributed by atoms with E-state index >= 15 is 0 Å². The highest BCUT2D eigenvalue weighted by molar-refractivity contribution is 7.13. The van der Waals surface area contributed by atoms with Crippen LogP contribution in [0.15, 0.2) is 48.7 Å².